The van der Waals surface area contributed by atoms with Crippen LogP contribution in [0.1, 0.15) is 32.1 Å². The minimum Gasteiger partial charge on any atom is -0.211 e. The summed E-state index contributed by atoms with van der Waals surface area (Å²) in [5.74, 6) is 0.489. The van der Waals surface area contributed by atoms with Gasteiger partial charge in [0.1, 0.15) is 0 Å². The molecule has 1 aliphatic rings. The molecule has 2 aromatic rings. The fraction of sp³-hybridized carbons (Fsp3) is 0.412. The first kappa shape index (κ1) is 14.5. The van der Waals surface area contributed by atoms with Crippen molar-refractivity contribution in [3.63, 3.8) is 0 Å². The lowest BCUT2D eigenvalue weighted by molar-refractivity contribution is 0.357. The highest BCUT2D eigenvalue weighted by Gasteiger charge is 2.20. The van der Waals surface area contributed by atoms with Crippen molar-refractivity contribution >= 4 is 20.8 Å². The number of rotatable bonds is 4. The van der Waals surface area contributed by atoms with Crippen LogP contribution in [0.4, 0.5) is 0 Å². The van der Waals surface area contributed by atoms with Crippen LogP contribution in [-0.2, 0) is 10.0 Å². The molecule has 0 bridgehead atoms. The minimum atomic E-state index is -3.44. The largest absolute Gasteiger partial charge is 0.241 e. The Morgan fingerprint density at radius 3 is 2.48 bits per heavy atom. The summed E-state index contributed by atoms with van der Waals surface area (Å²) >= 11 is 0. The van der Waals surface area contributed by atoms with Gasteiger partial charge in [-0.3, -0.25) is 0 Å². The number of hydrogen-bond acceptors (Lipinski definition) is 2. The van der Waals surface area contributed by atoms with Gasteiger partial charge >= 0.3 is 0 Å². The zero-order valence-corrected chi connectivity index (χ0v) is 12.9. The summed E-state index contributed by atoms with van der Waals surface area (Å²) in [6.07, 6.45) is 6.00. The molecule has 0 aromatic heterocycles. The van der Waals surface area contributed by atoms with Gasteiger partial charge in [-0.25, -0.2) is 13.1 Å². The van der Waals surface area contributed by atoms with Crippen LogP contribution in [0.25, 0.3) is 10.8 Å². The molecule has 0 heterocycles. The molecule has 1 saturated carbocycles. The topological polar surface area (TPSA) is 46.2 Å². The van der Waals surface area contributed by atoms with Gasteiger partial charge in [0.15, 0.2) is 0 Å². The molecule has 1 aliphatic carbocycles. The zero-order chi connectivity index (χ0) is 14.7. The molecule has 3 nitrogen and oxygen atoms in total. The van der Waals surface area contributed by atoms with Crippen LogP contribution in [0.2, 0.25) is 0 Å². The van der Waals surface area contributed by atoms with E-state index in [1.165, 1.54) is 19.3 Å². The van der Waals surface area contributed by atoms with Crippen molar-refractivity contribution in [3.8, 4) is 0 Å². The fourth-order valence-corrected chi connectivity index (χ4v) is 4.47. The van der Waals surface area contributed by atoms with E-state index in [1.54, 1.807) is 12.1 Å². The monoisotopic (exact) mass is 303 g/mol. The Kier molecular flexibility index (Phi) is 4.27. The third-order valence-electron chi connectivity index (χ3n) is 4.33. The van der Waals surface area contributed by atoms with Gasteiger partial charge in [-0.15, -0.1) is 0 Å². The molecule has 0 aliphatic heterocycles. The molecule has 0 atom stereocenters. The van der Waals surface area contributed by atoms with E-state index >= 15 is 0 Å². The maximum absolute atomic E-state index is 12.6. The number of benzene rings is 2. The zero-order valence-electron chi connectivity index (χ0n) is 12.1. The van der Waals surface area contributed by atoms with Crippen molar-refractivity contribution in [3.05, 3.63) is 42.5 Å². The normalized spacial score (nSPS) is 17.1. The number of hydrogen-bond donors (Lipinski definition) is 1. The van der Waals surface area contributed by atoms with Crippen LogP contribution < -0.4 is 4.72 Å². The summed E-state index contributed by atoms with van der Waals surface area (Å²) in [6, 6.07) is 13.0. The molecule has 4 heteroatoms. The van der Waals surface area contributed by atoms with Crippen LogP contribution in [0, 0.1) is 5.92 Å². The lowest BCUT2D eigenvalue weighted by Gasteiger charge is -2.21. The van der Waals surface area contributed by atoms with E-state index in [9.17, 15) is 8.42 Å². The molecular weight excluding hydrogens is 282 g/mol. The molecule has 0 radical (unpaired) electrons. The minimum absolute atomic E-state index is 0.386. The third kappa shape index (κ3) is 3.27. The van der Waals surface area contributed by atoms with Gasteiger partial charge in [-0.05, 0) is 30.2 Å². The molecule has 2 aromatic carbocycles. The van der Waals surface area contributed by atoms with E-state index in [2.05, 4.69) is 4.72 Å². The predicted octanol–water partition coefficient (Wildman–Crippen LogP) is 3.70. The van der Waals surface area contributed by atoms with Crippen LogP contribution in [0.3, 0.4) is 0 Å². The van der Waals surface area contributed by atoms with Crippen LogP contribution in [0.5, 0.6) is 0 Å². The van der Waals surface area contributed by atoms with E-state index in [4.69, 9.17) is 0 Å². The number of sulfonamides is 1. The first-order chi connectivity index (χ1) is 10.2. The van der Waals surface area contributed by atoms with Gasteiger partial charge in [-0.2, -0.15) is 0 Å². The van der Waals surface area contributed by atoms with E-state index in [1.807, 2.05) is 30.3 Å². The summed E-state index contributed by atoms with van der Waals surface area (Å²) in [5.41, 5.74) is 0. The molecule has 0 unspecified atom stereocenters. The smallest absolute Gasteiger partial charge is 0.211 e. The maximum Gasteiger partial charge on any atom is 0.241 e. The summed E-state index contributed by atoms with van der Waals surface area (Å²) in [5, 5.41) is 1.74. The number of fused-ring (bicyclic) bond motifs is 1. The lowest BCUT2D eigenvalue weighted by atomic mass is 9.90. The Balaban J connectivity index is 1.83. The van der Waals surface area contributed by atoms with Crippen LogP contribution >= 0.6 is 0 Å². The van der Waals surface area contributed by atoms with Gasteiger partial charge in [0, 0.05) is 11.9 Å². The Bertz CT molecular complexity index is 713. The van der Waals surface area contributed by atoms with Crippen LogP contribution in [0.15, 0.2) is 47.4 Å². The molecule has 0 spiro atoms. The summed E-state index contributed by atoms with van der Waals surface area (Å²) in [7, 11) is -3.44. The first-order valence-electron chi connectivity index (χ1n) is 7.64. The second-order valence-corrected chi connectivity index (χ2v) is 7.57. The van der Waals surface area contributed by atoms with Gasteiger partial charge in [0.2, 0.25) is 10.0 Å². The maximum atomic E-state index is 12.6. The molecule has 112 valence electrons. The van der Waals surface area contributed by atoms with Crippen molar-refractivity contribution in [2.75, 3.05) is 6.54 Å². The third-order valence-corrected chi connectivity index (χ3v) is 5.81. The van der Waals surface area contributed by atoms with Gasteiger partial charge in [-0.1, -0.05) is 55.7 Å². The van der Waals surface area contributed by atoms with E-state index in [-0.39, 0.29) is 0 Å². The molecule has 1 fully saturated rings. The average Bonchev–Trinajstić information content (AvgIpc) is 2.53. The molecule has 3 rings (SSSR count). The SMILES string of the molecule is O=S(=O)(NCC1CCCCC1)c1cccc2ccccc12. The van der Waals surface area contributed by atoms with E-state index < -0.39 is 10.0 Å². The van der Waals surface area contributed by atoms with Gasteiger partial charge in [0.25, 0.3) is 0 Å². The van der Waals surface area contributed by atoms with Gasteiger partial charge < -0.3 is 0 Å². The quantitative estimate of drug-likeness (QED) is 0.936. The van der Waals surface area contributed by atoms with Crippen molar-refractivity contribution in [1.82, 2.24) is 4.72 Å². The van der Waals surface area contributed by atoms with Crippen LogP contribution in [-0.4, -0.2) is 15.0 Å². The highest BCUT2D eigenvalue weighted by atomic mass is 32.2. The van der Waals surface area contributed by atoms with Crippen molar-refractivity contribution in [2.45, 2.75) is 37.0 Å². The Hall–Kier alpha value is -1.39. The molecule has 21 heavy (non-hydrogen) atoms. The fourth-order valence-electron chi connectivity index (χ4n) is 3.13. The van der Waals surface area contributed by atoms with E-state index in [0.717, 1.165) is 23.6 Å². The highest BCUT2D eigenvalue weighted by Crippen LogP contribution is 2.25. The summed E-state index contributed by atoms with van der Waals surface area (Å²) in [6.45, 7) is 0.561. The molecule has 1 N–H and O–H groups in total. The predicted molar refractivity (Wildman–Crippen MR) is 85.7 cm³/mol. The second-order valence-electron chi connectivity index (χ2n) is 5.83. The summed E-state index contributed by atoms with van der Waals surface area (Å²) < 4.78 is 28.0. The second kappa shape index (κ2) is 6.16. The molecule has 0 amide bonds. The lowest BCUT2D eigenvalue weighted by Crippen LogP contribution is -2.30. The molecule has 0 saturated heterocycles. The van der Waals surface area contributed by atoms with Gasteiger partial charge in [0.05, 0.1) is 4.90 Å². The Morgan fingerprint density at radius 2 is 1.67 bits per heavy atom. The summed E-state index contributed by atoms with van der Waals surface area (Å²) in [4.78, 5) is 0.386. The van der Waals surface area contributed by atoms with E-state index in [0.29, 0.717) is 17.4 Å². The Labute approximate surface area is 126 Å². The van der Waals surface area contributed by atoms with Crippen molar-refractivity contribution in [2.24, 2.45) is 5.92 Å². The van der Waals surface area contributed by atoms with Crippen molar-refractivity contribution < 1.29 is 8.42 Å². The number of nitrogens with one attached hydrogen (secondary N) is 1. The standard InChI is InChI=1S/C17H21NO2S/c19-21(20,18-13-14-7-2-1-3-8-14)17-12-6-10-15-9-4-5-11-16(15)17/h4-6,9-12,14,18H,1-3,7-8,13H2. The Morgan fingerprint density at radius 1 is 0.952 bits per heavy atom. The molecular formula is C17H21NO2S. The first-order valence-corrected chi connectivity index (χ1v) is 9.12. The highest BCUT2D eigenvalue weighted by molar-refractivity contribution is 7.89. The average molecular weight is 303 g/mol. The van der Waals surface area contributed by atoms with Crippen molar-refractivity contribution in [1.29, 1.82) is 0 Å².